The van der Waals surface area contributed by atoms with Gasteiger partial charge in [-0.25, -0.2) is 12.8 Å². The van der Waals surface area contributed by atoms with Crippen molar-refractivity contribution >= 4 is 61.3 Å². The average Bonchev–Trinajstić information content (AvgIpc) is 3.16. The topological polar surface area (TPSA) is 92.3 Å². The molecule has 1 amide bonds. The van der Waals surface area contributed by atoms with Gasteiger partial charge in [0.1, 0.15) is 16.9 Å². The van der Waals surface area contributed by atoms with Crippen LogP contribution in [0.25, 0.3) is 10.6 Å². The minimum atomic E-state index is -3.89. The van der Waals surface area contributed by atoms with Gasteiger partial charge in [-0.05, 0) is 36.8 Å². The summed E-state index contributed by atoms with van der Waals surface area (Å²) in [5.41, 5.74) is 0.850. The first-order valence-electron chi connectivity index (χ1n) is 8.95. The van der Waals surface area contributed by atoms with E-state index >= 15 is 0 Å². The zero-order valence-electron chi connectivity index (χ0n) is 16.3. The van der Waals surface area contributed by atoms with Crippen LogP contribution < -0.4 is 9.62 Å². The second-order valence-electron chi connectivity index (χ2n) is 6.49. The molecule has 1 N–H and O–H groups in total. The highest BCUT2D eigenvalue weighted by Gasteiger charge is 2.32. The van der Waals surface area contributed by atoms with Crippen LogP contribution in [-0.2, 0) is 14.8 Å². The summed E-state index contributed by atoms with van der Waals surface area (Å²) in [6, 6.07) is 9.31. The quantitative estimate of drug-likeness (QED) is 0.499. The SMILES string of the molecule is CC[C@H](C(=O)Nc1nnc(-c2ccc(Cl)cc2)s1)N(c1ccc(F)c(Cl)c1)S(C)(=O)=O. The van der Waals surface area contributed by atoms with Crippen LogP contribution in [0.1, 0.15) is 13.3 Å². The first-order chi connectivity index (χ1) is 14.6. The Kier molecular flexibility index (Phi) is 7.15. The van der Waals surface area contributed by atoms with Crippen LogP contribution in [0.2, 0.25) is 10.0 Å². The van der Waals surface area contributed by atoms with E-state index < -0.39 is 27.8 Å². The maximum absolute atomic E-state index is 13.6. The van der Waals surface area contributed by atoms with E-state index in [-0.39, 0.29) is 22.3 Å². The van der Waals surface area contributed by atoms with Crippen molar-refractivity contribution in [1.29, 1.82) is 0 Å². The van der Waals surface area contributed by atoms with Crippen LogP contribution in [0.5, 0.6) is 0 Å². The Balaban J connectivity index is 1.87. The average molecular weight is 503 g/mol. The number of hydrogen-bond acceptors (Lipinski definition) is 6. The van der Waals surface area contributed by atoms with Crippen LogP contribution in [-0.4, -0.2) is 36.8 Å². The summed E-state index contributed by atoms with van der Waals surface area (Å²) in [6.07, 6.45) is 1.11. The van der Waals surface area contributed by atoms with Crippen molar-refractivity contribution in [3.05, 3.63) is 58.3 Å². The molecule has 1 atom stereocenters. The molecule has 0 saturated heterocycles. The lowest BCUT2D eigenvalue weighted by Gasteiger charge is -2.29. The fourth-order valence-corrected chi connectivity index (χ4v) is 5.11. The van der Waals surface area contributed by atoms with Gasteiger partial charge in [0.2, 0.25) is 21.1 Å². The normalized spacial score (nSPS) is 12.4. The van der Waals surface area contributed by atoms with Crippen molar-refractivity contribution in [2.24, 2.45) is 0 Å². The summed E-state index contributed by atoms with van der Waals surface area (Å²) in [7, 11) is -3.89. The minimum Gasteiger partial charge on any atom is -0.299 e. The molecule has 0 aliphatic rings. The number of carbonyl (C=O) groups is 1. The van der Waals surface area contributed by atoms with Gasteiger partial charge in [0.15, 0.2) is 0 Å². The van der Waals surface area contributed by atoms with Crippen molar-refractivity contribution < 1.29 is 17.6 Å². The fourth-order valence-electron chi connectivity index (χ4n) is 2.85. The van der Waals surface area contributed by atoms with E-state index in [0.29, 0.717) is 10.0 Å². The summed E-state index contributed by atoms with van der Waals surface area (Å²) in [6.45, 7) is 1.66. The van der Waals surface area contributed by atoms with Crippen molar-refractivity contribution in [2.75, 3.05) is 15.9 Å². The standard InChI is InChI=1S/C19H17Cl2FN4O3S2/c1-3-16(26(31(2,28)29)13-8-9-15(22)14(21)10-13)17(27)23-19-25-24-18(30-19)11-4-6-12(20)7-5-11/h4-10,16H,3H2,1-2H3,(H,23,25,27)/t16-/m1/s1. The fraction of sp³-hybridized carbons (Fsp3) is 0.211. The molecule has 0 aliphatic carbocycles. The second kappa shape index (κ2) is 9.47. The molecule has 164 valence electrons. The van der Waals surface area contributed by atoms with Crippen LogP contribution in [0.3, 0.4) is 0 Å². The predicted molar refractivity (Wildman–Crippen MR) is 122 cm³/mol. The number of rotatable bonds is 7. The van der Waals surface area contributed by atoms with Gasteiger partial charge >= 0.3 is 0 Å². The molecule has 0 bridgehead atoms. The molecule has 0 saturated carbocycles. The number of halogens is 3. The molecule has 12 heteroatoms. The Morgan fingerprint density at radius 2 is 1.87 bits per heavy atom. The molecule has 1 heterocycles. The molecule has 0 spiro atoms. The lowest BCUT2D eigenvalue weighted by molar-refractivity contribution is -0.117. The molecule has 3 rings (SSSR count). The molecular formula is C19H17Cl2FN4O3S2. The van der Waals surface area contributed by atoms with Gasteiger partial charge in [0.25, 0.3) is 0 Å². The lowest BCUT2D eigenvalue weighted by Crippen LogP contribution is -2.47. The number of anilines is 2. The van der Waals surface area contributed by atoms with Crippen LogP contribution in [0, 0.1) is 5.82 Å². The largest absolute Gasteiger partial charge is 0.299 e. The van der Waals surface area contributed by atoms with Crippen molar-refractivity contribution in [1.82, 2.24) is 10.2 Å². The third-order valence-corrected chi connectivity index (χ3v) is 6.84. The monoisotopic (exact) mass is 502 g/mol. The Hall–Kier alpha value is -2.27. The number of aromatic nitrogens is 2. The summed E-state index contributed by atoms with van der Waals surface area (Å²) in [5, 5.41) is 11.7. The number of hydrogen-bond donors (Lipinski definition) is 1. The summed E-state index contributed by atoms with van der Waals surface area (Å²) >= 11 is 12.8. The van der Waals surface area contributed by atoms with Crippen LogP contribution in [0.4, 0.5) is 15.2 Å². The lowest BCUT2D eigenvalue weighted by atomic mass is 10.2. The van der Waals surface area contributed by atoms with Gasteiger partial charge in [0, 0.05) is 10.6 Å². The Bertz CT molecular complexity index is 1200. The Labute approximate surface area is 192 Å². The van der Waals surface area contributed by atoms with E-state index in [0.717, 1.165) is 39.6 Å². The highest BCUT2D eigenvalue weighted by Crippen LogP contribution is 2.30. The van der Waals surface area contributed by atoms with Gasteiger partial charge in [-0.2, -0.15) is 0 Å². The number of sulfonamides is 1. The maximum atomic E-state index is 13.6. The predicted octanol–water partition coefficient (Wildman–Crippen LogP) is 4.83. The first kappa shape index (κ1) is 23.4. The Morgan fingerprint density at radius 1 is 1.19 bits per heavy atom. The molecular weight excluding hydrogens is 486 g/mol. The van der Waals surface area contributed by atoms with Gasteiger partial charge in [-0.15, -0.1) is 10.2 Å². The molecule has 0 radical (unpaired) electrons. The number of benzene rings is 2. The zero-order valence-corrected chi connectivity index (χ0v) is 19.5. The van der Waals surface area contributed by atoms with E-state index in [9.17, 15) is 17.6 Å². The number of carbonyl (C=O) groups excluding carboxylic acids is 1. The zero-order chi connectivity index (χ0) is 22.8. The van der Waals surface area contributed by atoms with Crippen LogP contribution >= 0.6 is 34.5 Å². The smallest absolute Gasteiger partial charge is 0.250 e. The number of amides is 1. The van der Waals surface area contributed by atoms with Crippen LogP contribution in [0.15, 0.2) is 42.5 Å². The third kappa shape index (κ3) is 5.51. The number of nitrogens with zero attached hydrogens (tertiary/aromatic N) is 3. The van der Waals surface area contributed by atoms with Crippen molar-refractivity contribution in [2.45, 2.75) is 19.4 Å². The highest BCUT2D eigenvalue weighted by atomic mass is 35.5. The molecule has 2 aromatic carbocycles. The second-order valence-corrected chi connectivity index (χ2v) is 10.2. The van der Waals surface area contributed by atoms with E-state index in [2.05, 4.69) is 15.5 Å². The maximum Gasteiger partial charge on any atom is 0.250 e. The van der Waals surface area contributed by atoms with E-state index in [4.69, 9.17) is 23.2 Å². The van der Waals surface area contributed by atoms with Gasteiger partial charge in [0.05, 0.1) is 17.0 Å². The van der Waals surface area contributed by atoms with E-state index in [1.54, 1.807) is 31.2 Å². The molecule has 0 fully saturated rings. The highest BCUT2D eigenvalue weighted by molar-refractivity contribution is 7.92. The molecule has 1 aromatic heterocycles. The molecule has 3 aromatic rings. The first-order valence-corrected chi connectivity index (χ1v) is 12.4. The van der Waals surface area contributed by atoms with Crippen molar-refractivity contribution in [3.8, 4) is 10.6 Å². The summed E-state index contributed by atoms with van der Waals surface area (Å²) in [5.74, 6) is -1.30. The summed E-state index contributed by atoms with van der Waals surface area (Å²) < 4.78 is 39.4. The minimum absolute atomic E-state index is 0.0787. The van der Waals surface area contributed by atoms with Gasteiger partial charge < -0.3 is 0 Å². The van der Waals surface area contributed by atoms with Crippen molar-refractivity contribution in [3.63, 3.8) is 0 Å². The van der Waals surface area contributed by atoms with E-state index in [1.165, 1.54) is 6.07 Å². The molecule has 7 nitrogen and oxygen atoms in total. The third-order valence-electron chi connectivity index (χ3n) is 4.23. The Morgan fingerprint density at radius 3 is 2.45 bits per heavy atom. The molecule has 0 unspecified atom stereocenters. The van der Waals surface area contributed by atoms with Gasteiger partial charge in [-0.1, -0.05) is 53.6 Å². The molecule has 0 aliphatic heterocycles. The molecule has 31 heavy (non-hydrogen) atoms. The van der Waals surface area contributed by atoms with E-state index in [1.807, 2.05) is 0 Å². The number of nitrogens with one attached hydrogen (secondary N) is 1. The van der Waals surface area contributed by atoms with Gasteiger partial charge in [-0.3, -0.25) is 14.4 Å². The summed E-state index contributed by atoms with van der Waals surface area (Å²) in [4.78, 5) is 12.9.